The van der Waals surface area contributed by atoms with Crippen molar-refractivity contribution in [3.05, 3.63) is 30.3 Å². The lowest BCUT2D eigenvalue weighted by Crippen LogP contribution is -2.54. The van der Waals surface area contributed by atoms with Gasteiger partial charge < -0.3 is 21.3 Å². The highest BCUT2D eigenvalue weighted by atomic mass is 16.2. The number of amides is 3. The van der Waals surface area contributed by atoms with Gasteiger partial charge in [0, 0.05) is 24.8 Å². The fourth-order valence-electron chi connectivity index (χ4n) is 3.01. The van der Waals surface area contributed by atoms with Crippen LogP contribution in [-0.4, -0.2) is 36.6 Å². The third-order valence-electron chi connectivity index (χ3n) is 4.50. The number of anilines is 1. The molecule has 1 aromatic carbocycles. The first kappa shape index (κ1) is 14.7. The number of rotatable bonds is 4. The Hall–Kier alpha value is -2.24. The molecule has 22 heavy (non-hydrogen) atoms. The Kier molecular flexibility index (Phi) is 3.92. The van der Waals surface area contributed by atoms with E-state index in [0.29, 0.717) is 12.8 Å². The van der Waals surface area contributed by atoms with Gasteiger partial charge in [-0.15, -0.1) is 0 Å². The van der Waals surface area contributed by atoms with Gasteiger partial charge in [-0.25, -0.2) is 4.79 Å². The maximum atomic E-state index is 12.3. The van der Waals surface area contributed by atoms with Crippen molar-refractivity contribution in [3.8, 4) is 0 Å². The third-order valence-corrected chi connectivity index (χ3v) is 4.50. The quantitative estimate of drug-likeness (QED) is 0.774. The van der Waals surface area contributed by atoms with E-state index in [1.807, 2.05) is 18.2 Å². The van der Waals surface area contributed by atoms with E-state index in [-0.39, 0.29) is 11.9 Å². The topological polar surface area (TPSA) is 87.5 Å². The van der Waals surface area contributed by atoms with E-state index in [4.69, 9.17) is 5.73 Å². The Morgan fingerprint density at radius 1 is 1.14 bits per heavy atom. The molecule has 1 heterocycles. The van der Waals surface area contributed by atoms with E-state index in [1.54, 1.807) is 0 Å². The van der Waals surface area contributed by atoms with Gasteiger partial charge in [0.2, 0.25) is 5.91 Å². The molecule has 3 amide bonds. The van der Waals surface area contributed by atoms with Crippen LogP contribution in [0.4, 0.5) is 10.5 Å². The molecule has 0 unspecified atom stereocenters. The molecule has 1 aliphatic heterocycles. The van der Waals surface area contributed by atoms with Crippen LogP contribution in [0.5, 0.6) is 0 Å². The molecule has 2 fully saturated rings. The number of benzene rings is 1. The fourth-order valence-corrected chi connectivity index (χ4v) is 3.01. The zero-order chi connectivity index (χ0) is 15.6. The monoisotopic (exact) mass is 302 g/mol. The first-order valence-electron chi connectivity index (χ1n) is 7.78. The number of nitrogens with one attached hydrogen (secondary N) is 2. The van der Waals surface area contributed by atoms with Crippen LogP contribution in [0, 0.1) is 0 Å². The first-order valence-corrected chi connectivity index (χ1v) is 7.78. The standard InChI is InChI=1S/C16H22N4O2/c17-15(22)19-16(8-9-16)14(21)18-12-6-10-20(11-7-12)13-4-2-1-3-5-13/h1-5,12H,6-11H2,(H,18,21)(H3,17,19,22). The van der Waals surface area contributed by atoms with E-state index in [2.05, 4.69) is 27.7 Å². The number of carbonyl (C=O) groups is 2. The van der Waals surface area contributed by atoms with E-state index in [0.717, 1.165) is 25.9 Å². The van der Waals surface area contributed by atoms with Crippen molar-refractivity contribution in [2.75, 3.05) is 18.0 Å². The Morgan fingerprint density at radius 3 is 2.32 bits per heavy atom. The number of primary amides is 1. The van der Waals surface area contributed by atoms with Crippen molar-refractivity contribution >= 4 is 17.6 Å². The zero-order valence-electron chi connectivity index (χ0n) is 12.5. The summed E-state index contributed by atoms with van der Waals surface area (Å²) in [5, 5.41) is 5.63. The third kappa shape index (κ3) is 3.16. The van der Waals surface area contributed by atoms with Crippen molar-refractivity contribution in [1.82, 2.24) is 10.6 Å². The van der Waals surface area contributed by atoms with Gasteiger partial charge in [-0.2, -0.15) is 0 Å². The molecule has 0 aromatic heterocycles. The van der Waals surface area contributed by atoms with Crippen molar-refractivity contribution in [2.45, 2.75) is 37.3 Å². The van der Waals surface area contributed by atoms with Gasteiger partial charge in [-0.1, -0.05) is 18.2 Å². The average Bonchev–Trinajstić information content (AvgIpc) is 3.29. The molecule has 0 bridgehead atoms. The van der Waals surface area contributed by atoms with Gasteiger partial charge in [0.05, 0.1) is 0 Å². The molecule has 6 heteroatoms. The zero-order valence-corrected chi connectivity index (χ0v) is 12.5. The van der Waals surface area contributed by atoms with E-state index < -0.39 is 11.6 Å². The normalized spacial score (nSPS) is 20.3. The van der Waals surface area contributed by atoms with Gasteiger partial charge >= 0.3 is 6.03 Å². The summed E-state index contributed by atoms with van der Waals surface area (Å²) in [6, 6.07) is 9.83. The molecule has 2 aliphatic rings. The molecule has 0 spiro atoms. The minimum Gasteiger partial charge on any atom is -0.371 e. The fraction of sp³-hybridized carbons (Fsp3) is 0.500. The summed E-state index contributed by atoms with van der Waals surface area (Å²) in [6.45, 7) is 1.84. The van der Waals surface area contributed by atoms with Crippen molar-refractivity contribution < 1.29 is 9.59 Å². The molecule has 0 atom stereocenters. The molecule has 1 aromatic rings. The largest absolute Gasteiger partial charge is 0.371 e. The number of nitrogens with two attached hydrogens (primary N) is 1. The number of urea groups is 1. The van der Waals surface area contributed by atoms with Crippen LogP contribution in [0.1, 0.15) is 25.7 Å². The molecule has 3 rings (SSSR count). The maximum absolute atomic E-state index is 12.3. The molecule has 4 N–H and O–H groups in total. The average molecular weight is 302 g/mol. The van der Waals surface area contributed by atoms with Gasteiger partial charge in [-0.05, 0) is 37.8 Å². The maximum Gasteiger partial charge on any atom is 0.313 e. The summed E-state index contributed by atoms with van der Waals surface area (Å²) in [7, 11) is 0. The number of carbonyl (C=O) groups excluding carboxylic acids is 2. The molecular formula is C16H22N4O2. The summed E-state index contributed by atoms with van der Waals surface area (Å²) in [4.78, 5) is 25.6. The minimum absolute atomic E-state index is 0.0931. The summed E-state index contributed by atoms with van der Waals surface area (Å²) in [5.41, 5.74) is 5.61. The molecule has 118 valence electrons. The lowest BCUT2D eigenvalue weighted by molar-refractivity contribution is -0.124. The second-order valence-electron chi connectivity index (χ2n) is 6.14. The lowest BCUT2D eigenvalue weighted by Gasteiger charge is -2.34. The first-order chi connectivity index (χ1) is 10.6. The highest BCUT2D eigenvalue weighted by Crippen LogP contribution is 2.35. The van der Waals surface area contributed by atoms with Crippen LogP contribution < -0.4 is 21.3 Å². The molecule has 1 aliphatic carbocycles. The SMILES string of the molecule is NC(=O)NC1(C(=O)NC2CCN(c3ccccc3)CC2)CC1. The van der Waals surface area contributed by atoms with E-state index in [9.17, 15) is 9.59 Å². The van der Waals surface area contributed by atoms with Crippen molar-refractivity contribution in [1.29, 1.82) is 0 Å². The molecule has 1 saturated heterocycles. The summed E-state index contributed by atoms with van der Waals surface area (Å²) in [5.74, 6) is -0.0931. The lowest BCUT2D eigenvalue weighted by atomic mass is 10.0. The van der Waals surface area contributed by atoms with E-state index >= 15 is 0 Å². The Bertz CT molecular complexity index is 549. The highest BCUT2D eigenvalue weighted by Gasteiger charge is 2.51. The number of nitrogens with zero attached hydrogens (tertiary/aromatic N) is 1. The second-order valence-corrected chi connectivity index (χ2v) is 6.14. The van der Waals surface area contributed by atoms with Gasteiger partial charge in [0.25, 0.3) is 0 Å². The van der Waals surface area contributed by atoms with Crippen LogP contribution in [0.2, 0.25) is 0 Å². The predicted molar refractivity (Wildman–Crippen MR) is 84.5 cm³/mol. The minimum atomic E-state index is -0.748. The Balaban J connectivity index is 1.50. The van der Waals surface area contributed by atoms with Crippen LogP contribution >= 0.6 is 0 Å². The van der Waals surface area contributed by atoms with Crippen molar-refractivity contribution in [3.63, 3.8) is 0 Å². The van der Waals surface area contributed by atoms with Crippen LogP contribution in [0.3, 0.4) is 0 Å². The van der Waals surface area contributed by atoms with Crippen molar-refractivity contribution in [2.24, 2.45) is 5.73 Å². The smallest absolute Gasteiger partial charge is 0.313 e. The summed E-state index contributed by atoms with van der Waals surface area (Å²) < 4.78 is 0. The molecule has 0 radical (unpaired) electrons. The number of piperidine rings is 1. The van der Waals surface area contributed by atoms with Gasteiger partial charge in [0.1, 0.15) is 5.54 Å². The van der Waals surface area contributed by atoms with Gasteiger partial charge in [-0.3, -0.25) is 4.79 Å². The number of hydrogen-bond donors (Lipinski definition) is 3. The number of para-hydroxylation sites is 1. The molecular weight excluding hydrogens is 280 g/mol. The van der Waals surface area contributed by atoms with Crippen LogP contribution in [0.15, 0.2) is 30.3 Å². The van der Waals surface area contributed by atoms with Gasteiger partial charge in [0.15, 0.2) is 0 Å². The second kappa shape index (κ2) is 5.87. The summed E-state index contributed by atoms with van der Waals surface area (Å²) >= 11 is 0. The Morgan fingerprint density at radius 2 is 1.77 bits per heavy atom. The van der Waals surface area contributed by atoms with Crippen LogP contribution in [0.25, 0.3) is 0 Å². The predicted octanol–water partition coefficient (Wildman–Crippen LogP) is 0.973. The Labute approximate surface area is 130 Å². The number of hydrogen-bond acceptors (Lipinski definition) is 3. The van der Waals surface area contributed by atoms with E-state index in [1.165, 1.54) is 5.69 Å². The molecule has 1 saturated carbocycles. The highest BCUT2D eigenvalue weighted by molar-refractivity contribution is 5.93. The van der Waals surface area contributed by atoms with Crippen LogP contribution in [-0.2, 0) is 4.79 Å². The molecule has 6 nitrogen and oxygen atoms in total. The summed E-state index contributed by atoms with van der Waals surface area (Å²) in [6.07, 6.45) is 3.16.